The summed E-state index contributed by atoms with van der Waals surface area (Å²) in [5, 5.41) is 13.7. The quantitative estimate of drug-likeness (QED) is 0.470. The Labute approximate surface area is 166 Å². The van der Waals surface area contributed by atoms with Gasteiger partial charge >= 0.3 is 0 Å². The zero-order valence-corrected chi connectivity index (χ0v) is 16.4. The maximum Gasteiger partial charge on any atom is 0.227 e. The van der Waals surface area contributed by atoms with Crippen LogP contribution in [0.15, 0.2) is 40.4 Å². The molecule has 0 bridgehead atoms. The highest BCUT2D eigenvalue weighted by molar-refractivity contribution is 7.99. The third-order valence-corrected chi connectivity index (χ3v) is 5.22. The van der Waals surface area contributed by atoms with E-state index in [0.717, 1.165) is 29.1 Å². The molecule has 1 amide bonds. The number of aryl methyl sites for hydroxylation is 2. The van der Waals surface area contributed by atoms with Crippen molar-refractivity contribution in [2.75, 3.05) is 16.4 Å². The SMILES string of the molecule is Cc1cc(Nc2nc(Sc3ccc(NC(=O)C4CC4)cc3)nc(C)c2N)n[nH]1. The normalized spacial score (nSPS) is 13.4. The minimum Gasteiger partial charge on any atom is -0.394 e. The Morgan fingerprint density at radius 3 is 2.61 bits per heavy atom. The highest BCUT2D eigenvalue weighted by Gasteiger charge is 2.29. The van der Waals surface area contributed by atoms with Gasteiger partial charge < -0.3 is 16.4 Å². The van der Waals surface area contributed by atoms with Gasteiger partial charge in [-0.1, -0.05) is 0 Å². The molecule has 5 N–H and O–H groups in total. The number of benzene rings is 1. The standard InChI is InChI=1S/C19H21N7OS/c1-10-9-15(26-25-10)23-17-16(20)11(2)21-19(24-17)28-14-7-5-13(6-8-14)22-18(27)12-3-4-12/h5-9,12H,3-4,20H2,1-2H3,(H,22,27)(H2,21,23,24,25,26). The number of carbonyl (C=O) groups is 1. The van der Waals surface area contributed by atoms with Crippen LogP contribution in [0.5, 0.6) is 0 Å². The molecule has 2 aromatic heterocycles. The van der Waals surface area contributed by atoms with E-state index in [-0.39, 0.29) is 11.8 Å². The Morgan fingerprint density at radius 1 is 1.21 bits per heavy atom. The van der Waals surface area contributed by atoms with E-state index in [4.69, 9.17) is 5.73 Å². The van der Waals surface area contributed by atoms with Gasteiger partial charge in [-0.25, -0.2) is 9.97 Å². The predicted octanol–water partition coefficient (Wildman–Crippen LogP) is 3.64. The molecular weight excluding hydrogens is 374 g/mol. The number of carbonyl (C=O) groups excluding carboxylic acids is 1. The number of hydrogen-bond acceptors (Lipinski definition) is 7. The van der Waals surface area contributed by atoms with E-state index in [1.54, 1.807) is 0 Å². The van der Waals surface area contributed by atoms with Crippen LogP contribution >= 0.6 is 11.8 Å². The summed E-state index contributed by atoms with van der Waals surface area (Å²) >= 11 is 1.43. The summed E-state index contributed by atoms with van der Waals surface area (Å²) in [6, 6.07) is 9.52. The molecule has 1 aromatic carbocycles. The average molecular weight is 395 g/mol. The number of H-pyrrole nitrogens is 1. The van der Waals surface area contributed by atoms with Gasteiger partial charge in [-0.15, -0.1) is 0 Å². The van der Waals surface area contributed by atoms with Crippen molar-refractivity contribution in [1.82, 2.24) is 20.2 Å². The number of nitrogens with zero attached hydrogens (tertiary/aromatic N) is 3. The highest BCUT2D eigenvalue weighted by Crippen LogP contribution is 2.32. The van der Waals surface area contributed by atoms with Gasteiger partial charge in [0, 0.05) is 28.3 Å². The molecule has 1 fully saturated rings. The van der Waals surface area contributed by atoms with E-state index in [2.05, 4.69) is 30.8 Å². The van der Waals surface area contributed by atoms with Gasteiger partial charge in [0.15, 0.2) is 16.8 Å². The first-order valence-corrected chi connectivity index (χ1v) is 9.81. The average Bonchev–Trinajstić information content (AvgIpc) is 3.44. The Hall–Kier alpha value is -3.07. The molecule has 0 radical (unpaired) electrons. The minimum atomic E-state index is 0.0993. The van der Waals surface area contributed by atoms with Crippen molar-refractivity contribution < 1.29 is 4.79 Å². The van der Waals surface area contributed by atoms with Crippen molar-refractivity contribution in [2.45, 2.75) is 36.7 Å². The number of anilines is 4. The first-order chi connectivity index (χ1) is 13.5. The van der Waals surface area contributed by atoms with E-state index in [1.165, 1.54) is 11.8 Å². The van der Waals surface area contributed by atoms with Crippen LogP contribution in [0.3, 0.4) is 0 Å². The lowest BCUT2D eigenvalue weighted by Crippen LogP contribution is -2.12. The second-order valence-corrected chi connectivity index (χ2v) is 7.85. The number of nitrogens with two attached hydrogens (primary N) is 1. The molecular formula is C19H21N7OS. The maximum absolute atomic E-state index is 11.8. The number of rotatable bonds is 6. The van der Waals surface area contributed by atoms with Crippen LogP contribution in [0.25, 0.3) is 0 Å². The van der Waals surface area contributed by atoms with Crippen LogP contribution in [-0.4, -0.2) is 26.1 Å². The molecule has 1 aliphatic rings. The Balaban J connectivity index is 1.48. The number of nitrogens with one attached hydrogen (secondary N) is 3. The molecule has 1 saturated carbocycles. The van der Waals surface area contributed by atoms with E-state index >= 15 is 0 Å². The van der Waals surface area contributed by atoms with Gasteiger partial charge in [-0.05, 0) is 62.7 Å². The Bertz CT molecular complexity index is 1010. The molecule has 3 aromatic rings. The largest absolute Gasteiger partial charge is 0.394 e. The van der Waals surface area contributed by atoms with Gasteiger partial charge in [0.05, 0.1) is 11.4 Å². The van der Waals surface area contributed by atoms with Crippen LogP contribution in [-0.2, 0) is 4.79 Å². The second-order valence-electron chi connectivity index (χ2n) is 6.81. The monoisotopic (exact) mass is 395 g/mol. The Kier molecular flexibility index (Phi) is 4.91. The number of hydrogen-bond donors (Lipinski definition) is 4. The van der Waals surface area contributed by atoms with Gasteiger partial charge in [0.1, 0.15) is 0 Å². The minimum absolute atomic E-state index is 0.0993. The van der Waals surface area contributed by atoms with Crippen LogP contribution in [0, 0.1) is 19.8 Å². The summed E-state index contributed by atoms with van der Waals surface area (Å²) in [5.41, 5.74) is 9.04. The van der Waals surface area contributed by atoms with Crippen LogP contribution in [0.2, 0.25) is 0 Å². The van der Waals surface area contributed by atoms with Crippen molar-refractivity contribution in [2.24, 2.45) is 5.92 Å². The molecule has 9 heteroatoms. The zero-order valence-electron chi connectivity index (χ0n) is 15.6. The van der Waals surface area contributed by atoms with Crippen molar-refractivity contribution >= 4 is 40.7 Å². The molecule has 2 heterocycles. The molecule has 4 rings (SSSR count). The van der Waals surface area contributed by atoms with E-state index in [0.29, 0.717) is 28.2 Å². The summed E-state index contributed by atoms with van der Waals surface area (Å²) < 4.78 is 0. The lowest BCUT2D eigenvalue weighted by atomic mass is 10.3. The summed E-state index contributed by atoms with van der Waals surface area (Å²) in [5.74, 6) is 1.45. The van der Waals surface area contributed by atoms with E-state index < -0.39 is 0 Å². The molecule has 28 heavy (non-hydrogen) atoms. The number of aromatic nitrogens is 4. The first-order valence-electron chi connectivity index (χ1n) is 9.00. The summed E-state index contributed by atoms with van der Waals surface area (Å²) in [4.78, 5) is 21.8. The Morgan fingerprint density at radius 2 is 1.96 bits per heavy atom. The third-order valence-electron chi connectivity index (χ3n) is 4.35. The van der Waals surface area contributed by atoms with E-state index in [9.17, 15) is 4.79 Å². The predicted molar refractivity (Wildman–Crippen MR) is 110 cm³/mol. The first kappa shape index (κ1) is 18.3. The zero-order chi connectivity index (χ0) is 19.7. The van der Waals surface area contributed by atoms with Crippen LogP contribution in [0.1, 0.15) is 24.2 Å². The third kappa shape index (κ3) is 4.25. The summed E-state index contributed by atoms with van der Waals surface area (Å²) in [7, 11) is 0. The molecule has 0 atom stereocenters. The van der Waals surface area contributed by atoms with Crippen molar-refractivity contribution in [3.8, 4) is 0 Å². The fraction of sp³-hybridized carbons (Fsp3) is 0.263. The lowest BCUT2D eigenvalue weighted by molar-refractivity contribution is -0.117. The van der Waals surface area contributed by atoms with Crippen molar-refractivity contribution in [3.63, 3.8) is 0 Å². The molecule has 144 valence electrons. The fourth-order valence-electron chi connectivity index (χ4n) is 2.60. The molecule has 8 nitrogen and oxygen atoms in total. The summed E-state index contributed by atoms with van der Waals surface area (Å²) in [6.45, 7) is 3.77. The maximum atomic E-state index is 11.8. The molecule has 0 spiro atoms. The highest BCUT2D eigenvalue weighted by atomic mass is 32.2. The number of amides is 1. The molecule has 0 aliphatic heterocycles. The van der Waals surface area contributed by atoms with Gasteiger partial charge in [0.25, 0.3) is 0 Å². The molecule has 0 saturated heterocycles. The van der Waals surface area contributed by atoms with Crippen molar-refractivity contribution in [3.05, 3.63) is 41.7 Å². The summed E-state index contributed by atoms with van der Waals surface area (Å²) in [6.07, 6.45) is 1.98. The topological polar surface area (TPSA) is 122 Å². The van der Waals surface area contributed by atoms with Crippen LogP contribution < -0.4 is 16.4 Å². The van der Waals surface area contributed by atoms with Gasteiger partial charge in [-0.2, -0.15) is 5.10 Å². The number of aromatic amines is 1. The van der Waals surface area contributed by atoms with Crippen molar-refractivity contribution in [1.29, 1.82) is 0 Å². The smallest absolute Gasteiger partial charge is 0.227 e. The van der Waals surface area contributed by atoms with Crippen LogP contribution in [0.4, 0.5) is 23.0 Å². The fourth-order valence-corrected chi connectivity index (χ4v) is 3.40. The lowest BCUT2D eigenvalue weighted by Gasteiger charge is -2.10. The molecule has 1 aliphatic carbocycles. The second kappa shape index (κ2) is 7.51. The van der Waals surface area contributed by atoms with E-state index in [1.807, 2.05) is 44.2 Å². The number of nitrogen functional groups attached to an aromatic ring is 1. The van der Waals surface area contributed by atoms with Gasteiger partial charge in [0.2, 0.25) is 5.91 Å². The van der Waals surface area contributed by atoms with Gasteiger partial charge in [-0.3, -0.25) is 9.89 Å². The molecule has 0 unspecified atom stereocenters.